The van der Waals surface area contributed by atoms with Gasteiger partial charge in [-0.25, -0.2) is 0 Å². The van der Waals surface area contributed by atoms with Crippen molar-refractivity contribution in [3.8, 4) is 0 Å². The van der Waals surface area contributed by atoms with Crippen LogP contribution >= 0.6 is 15.9 Å². The summed E-state index contributed by atoms with van der Waals surface area (Å²) in [4.78, 5) is 11.4. The van der Waals surface area contributed by atoms with Gasteiger partial charge in [-0.3, -0.25) is 4.79 Å². The predicted molar refractivity (Wildman–Crippen MR) is 47.5 cm³/mol. The van der Waals surface area contributed by atoms with E-state index in [9.17, 15) is 4.79 Å². The molecule has 1 atom stereocenters. The topological polar surface area (TPSA) is 17.1 Å². The van der Waals surface area contributed by atoms with Gasteiger partial charge in [-0.15, -0.1) is 0 Å². The Morgan fingerprint density at radius 1 is 1.50 bits per heavy atom. The van der Waals surface area contributed by atoms with Crippen molar-refractivity contribution >= 4 is 21.7 Å². The van der Waals surface area contributed by atoms with Gasteiger partial charge in [0.15, 0.2) is 5.78 Å². The maximum absolute atomic E-state index is 11.3. The average Bonchev–Trinajstić information content (AvgIpc) is 1.83. The molecule has 0 aliphatic rings. The lowest BCUT2D eigenvalue weighted by atomic mass is 9.88. The van der Waals surface area contributed by atoms with Gasteiger partial charge in [0.05, 0.1) is 4.83 Å². The summed E-state index contributed by atoms with van der Waals surface area (Å²) in [7, 11) is 0. The fourth-order valence-electron chi connectivity index (χ4n) is 0.655. The van der Waals surface area contributed by atoms with Crippen LogP contribution in [0.25, 0.3) is 0 Å². The number of Topliss-reactive ketones (excluding diaryl/α,β-unsaturated/α-hetero) is 1. The number of halogens is 1. The molecule has 0 N–H and O–H groups in total. The molecule has 0 aromatic carbocycles. The third-order valence-corrected chi connectivity index (χ3v) is 2.45. The number of ketones is 1. The fourth-order valence-corrected chi connectivity index (χ4v) is 1.34. The Balaban J connectivity index is 4.09. The summed E-state index contributed by atoms with van der Waals surface area (Å²) < 4.78 is 0. The van der Waals surface area contributed by atoms with Crippen LogP contribution in [0.4, 0.5) is 0 Å². The first kappa shape index (κ1) is 10.2. The summed E-state index contributed by atoms with van der Waals surface area (Å²) in [5, 5.41) is 0. The smallest absolute Gasteiger partial charge is 0.151 e. The molecule has 0 amide bonds. The van der Waals surface area contributed by atoms with Crippen molar-refractivity contribution in [2.75, 3.05) is 0 Å². The van der Waals surface area contributed by atoms with Crippen molar-refractivity contribution in [3.63, 3.8) is 0 Å². The molecule has 0 spiro atoms. The van der Waals surface area contributed by atoms with Gasteiger partial charge in [-0.1, -0.05) is 43.6 Å². The van der Waals surface area contributed by atoms with E-state index in [0.717, 1.165) is 6.42 Å². The SMILES string of the molecule is CCC(Br)C(=O)C(C)(C)C. The number of rotatable bonds is 2. The van der Waals surface area contributed by atoms with Gasteiger partial charge in [-0.05, 0) is 6.42 Å². The van der Waals surface area contributed by atoms with Crippen molar-refractivity contribution in [1.29, 1.82) is 0 Å². The highest BCUT2D eigenvalue weighted by atomic mass is 79.9. The van der Waals surface area contributed by atoms with Crippen LogP contribution in [0, 0.1) is 5.41 Å². The van der Waals surface area contributed by atoms with Crippen LogP contribution in [0.5, 0.6) is 0 Å². The zero-order valence-electron chi connectivity index (χ0n) is 7.07. The summed E-state index contributed by atoms with van der Waals surface area (Å²) in [6.07, 6.45) is 0.871. The van der Waals surface area contributed by atoms with Gasteiger partial charge < -0.3 is 0 Å². The molecule has 0 bridgehead atoms. The van der Waals surface area contributed by atoms with Gasteiger partial charge in [-0.2, -0.15) is 0 Å². The van der Waals surface area contributed by atoms with Crippen LogP contribution in [0.2, 0.25) is 0 Å². The lowest BCUT2D eigenvalue weighted by Crippen LogP contribution is -2.28. The van der Waals surface area contributed by atoms with E-state index in [-0.39, 0.29) is 16.0 Å². The van der Waals surface area contributed by atoms with E-state index < -0.39 is 0 Å². The lowest BCUT2D eigenvalue weighted by Gasteiger charge is -2.19. The molecule has 0 radical (unpaired) electrons. The largest absolute Gasteiger partial charge is 0.298 e. The van der Waals surface area contributed by atoms with E-state index in [1.54, 1.807) is 0 Å². The fraction of sp³-hybridized carbons (Fsp3) is 0.875. The number of carbonyl (C=O) groups excluding carboxylic acids is 1. The molecular weight excluding hydrogens is 192 g/mol. The molecule has 1 nitrogen and oxygen atoms in total. The van der Waals surface area contributed by atoms with Crippen molar-refractivity contribution in [2.24, 2.45) is 5.41 Å². The zero-order valence-corrected chi connectivity index (χ0v) is 8.66. The Bertz CT molecular complexity index is 124. The first-order valence-corrected chi connectivity index (χ1v) is 4.49. The van der Waals surface area contributed by atoms with E-state index in [1.807, 2.05) is 27.7 Å². The predicted octanol–water partition coefficient (Wildman–Crippen LogP) is 2.78. The van der Waals surface area contributed by atoms with Gasteiger partial charge in [0.2, 0.25) is 0 Å². The summed E-state index contributed by atoms with van der Waals surface area (Å²) in [5.74, 6) is 0.287. The summed E-state index contributed by atoms with van der Waals surface area (Å²) in [5.41, 5.74) is -0.204. The standard InChI is InChI=1S/C8H15BrO/c1-5-6(9)7(10)8(2,3)4/h6H,5H2,1-4H3. The highest BCUT2D eigenvalue weighted by Crippen LogP contribution is 2.21. The molecule has 0 rings (SSSR count). The van der Waals surface area contributed by atoms with Crippen LogP contribution < -0.4 is 0 Å². The Kier molecular flexibility index (Phi) is 3.57. The molecule has 2 heteroatoms. The first-order chi connectivity index (χ1) is 4.39. The number of alkyl halides is 1. The van der Waals surface area contributed by atoms with Gasteiger partial charge in [0, 0.05) is 5.41 Å². The van der Waals surface area contributed by atoms with Crippen molar-refractivity contribution in [1.82, 2.24) is 0 Å². The second-order valence-electron chi connectivity index (χ2n) is 3.49. The van der Waals surface area contributed by atoms with E-state index >= 15 is 0 Å². The summed E-state index contributed by atoms with van der Waals surface area (Å²) in [6.45, 7) is 7.83. The molecule has 0 fully saturated rings. The zero-order chi connectivity index (χ0) is 8.36. The molecule has 0 aliphatic carbocycles. The molecule has 60 valence electrons. The van der Waals surface area contributed by atoms with Crippen LogP contribution in [0.1, 0.15) is 34.1 Å². The van der Waals surface area contributed by atoms with Gasteiger partial charge in [0.25, 0.3) is 0 Å². The third kappa shape index (κ3) is 2.82. The Morgan fingerprint density at radius 3 is 2.00 bits per heavy atom. The Labute approximate surface area is 71.3 Å². The van der Waals surface area contributed by atoms with E-state index in [1.165, 1.54) is 0 Å². The molecule has 0 heterocycles. The lowest BCUT2D eigenvalue weighted by molar-refractivity contribution is -0.125. The molecule has 0 saturated carbocycles. The van der Waals surface area contributed by atoms with Crippen molar-refractivity contribution < 1.29 is 4.79 Å². The van der Waals surface area contributed by atoms with Crippen LogP contribution in [-0.2, 0) is 4.79 Å². The minimum atomic E-state index is -0.204. The highest BCUT2D eigenvalue weighted by Gasteiger charge is 2.26. The second-order valence-corrected chi connectivity index (χ2v) is 4.60. The highest BCUT2D eigenvalue weighted by molar-refractivity contribution is 9.10. The molecule has 1 unspecified atom stereocenters. The Hall–Kier alpha value is 0.150. The number of carbonyl (C=O) groups is 1. The first-order valence-electron chi connectivity index (χ1n) is 3.58. The van der Waals surface area contributed by atoms with E-state index in [2.05, 4.69) is 15.9 Å². The summed E-state index contributed by atoms with van der Waals surface area (Å²) >= 11 is 3.33. The van der Waals surface area contributed by atoms with Crippen LogP contribution in [0.15, 0.2) is 0 Å². The van der Waals surface area contributed by atoms with E-state index in [4.69, 9.17) is 0 Å². The normalized spacial score (nSPS) is 14.9. The molecular formula is C8H15BrO. The minimum Gasteiger partial charge on any atom is -0.298 e. The van der Waals surface area contributed by atoms with Gasteiger partial charge in [0.1, 0.15) is 0 Å². The molecule has 0 aromatic rings. The van der Waals surface area contributed by atoms with Gasteiger partial charge >= 0.3 is 0 Å². The minimum absolute atomic E-state index is 0.0347. The third-order valence-electron chi connectivity index (χ3n) is 1.38. The number of hydrogen-bond acceptors (Lipinski definition) is 1. The number of hydrogen-bond donors (Lipinski definition) is 0. The quantitative estimate of drug-likeness (QED) is 0.636. The van der Waals surface area contributed by atoms with Crippen LogP contribution in [-0.4, -0.2) is 10.6 Å². The van der Waals surface area contributed by atoms with Crippen molar-refractivity contribution in [2.45, 2.75) is 38.9 Å². The average molecular weight is 207 g/mol. The molecule has 10 heavy (non-hydrogen) atoms. The molecule has 0 saturated heterocycles. The van der Waals surface area contributed by atoms with Crippen molar-refractivity contribution in [3.05, 3.63) is 0 Å². The van der Waals surface area contributed by atoms with E-state index in [0.29, 0.717) is 0 Å². The second kappa shape index (κ2) is 3.51. The maximum Gasteiger partial charge on any atom is 0.151 e. The molecule has 0 aromatic heterocycles. The molecule has 0 aliphatic heterocycles. The monoisotopic (exact) mass is 206 g/mol. The maximum atomic E-state index is 11.3. The Morgan fingerprint density at radius 2 is 1.90 bits per heavy atom. The summed E-state index contributed by atoms with van der Waals surface area (Å²) in [6, 6.07) is 0. The van der Waals surface area contributed by atoms with Crippen LogP contribution in [0.3, 0.4) is 0 Å².